The Morgan fingerprint density at radius 1 is 1.45 bits per heavy atom. The summed E-state index contributed by atoms with van der Waals surface area (Å²) in [6.45, 7) is 0.940. The lowest BCUT2D eigenvalue weighted by Crippen LogP contribution is -2.30. The van der Waals surface area contributed by atoms with Gasteiger partial charge in [-0.2, -0.15) is 5.10 Å². The van der Waals surface area contributed by atoms with E-state index in [-0.39, 0.29) is 18.6 Å². The van der Waals surface area contributed by atoms with Crippen LogP contribution in [0.4, 0.5) is 0 Å². The van der Waals surface area contributed by atoms with Gasteiger partial charge in [-0.25, -0.2) is 5.01 Å². The van der Waals surface area contributed by atoms with Crippen molar-refractivity contribution in [3.63, 3.8) is 0 Å². The molecule has 0 N–H and O–H groups in total. The van der Waals surface area contributed by atoms with Gasteiger partial charge in [-0.15, -0.1) is 11.3 Å². The van der Waals surface area contributed by atoms with E-state index in [9.17, 15) is 9.59 Å². The number of hydrogen-bond donors (Lipinski definition) is 0. The van der Waals surface area contributed by atoms with E-state index in [1.54, 1.807) is 23.7 Å². The monoisotopic (exact) mass is 318 g/mol. The molecule has 114 valence electrons. The number of thiophene rings is 1. The molecular weight excluding hydrogens is 304 g/mol. The highest BCUT2D eigenvalue weighted by atomic mass is 32.1. The molecule has 2 aromatic heterocycles. The number of hydrazone groups is 1. The van der Waals surface area contributed by atoms with E-state index >= 15 is 0 Å². The number of amides is 1. The first-order chi connectivity index (χ1) is 10.6. The maximum atomic E-state index is 12.3. The molecule has 3 heterocycles. The van der Waals surface area contributed by atoms with E-state index < -0.39 is 5.97 Å². The number of esters is 1. The van der Waals surface area contributed by atoms with E-state index in [0.29, 0.717) is 12.2 Å². The predicted molar refractivity (Wildman–Crippen MR) is 80.4 cm³/mol. The van der Waals surface area contributed by atoms with Gasteiger partial charge in [0.1, 0.15) is 11.8 Å². The molecule has 1 aliphatic rings. The number of rotatable bonds is 4. The summed E-state index contributed by atoms with van der Waals surface area (Å²) in [5.74, 6) is -0.209. The highest BCUT2D eigenvalue weighted by Gasteiger charge is 2.35. The molecule has 0 aromatic carbocycles. The molecule has 2 aromatic rings. The zero-order valence-corrected chi connectivity index (χ0v) is 12.7. The summed E-state index contributed by atoms with van der Waals surface area (Å²) >= 11 is 1.57. The van der Waals surface area contributed by atoms with Crippen molar-refractivity contribution in [2.45, 2.75) is 19.4 Å². The summed E-state index contributed by atoms with van der Waals surface area (Å²) in [6, 6.07) is 7.17. The van der Waals surface area contributed by atoms with Gasteiger partial charge in [0.05, 0.1) is 16.9 Å². The number of carbonyl (C=O) groups excluding carboxylic acids is 2. The van der Waals surface area contributed by atoms with Crippen molar-refractivity contribution in [3.8, 4) is 0 Å². The summed E-state index contributed by atoms with van der Waals surface area (Å²) in [4.78, 5) is 24.2. The van der Waals surface area contributed by atoms with Gasteiger partial charge in [-0.1, -0.05) is 6.07 Å². The fraction of sp³-hybridized carbons (Fsp3) is 0.267. The third kappa shape index (κ3) is 2.94. The highest BCUT2D eigenvalue weighted by Crippen LogP contribution is 2.33. The average molecular weight is 318 g/mol. The average Bonchev–Trinajstić information content (AvgIpc) is 3.23. The molecule has 22 heavy (non-hydrogen) atoms. The molecule has 0 aliphatic carbocycles. The Labute approximate surface area is 131 Å². The molecule has 0 spiro atoms. The van der Waals surface area contributed by atoms with Crippen LogP contribution in [0.25, 0.3) is 0 Å². The molecule has 1 aliphatic heterocycles. The number of ether oxygens (including phenoxy) is 1. The normalized spacial score (nSPS) is 17.4. The highest BCUT2D eigenvalue weighted by molar-refractivity contribution is 7.12. The second-order valence-corrected chi connectivity index (χ2v) is 5.73. The summed E-state index contributed by atoms with van der Waals surface area (Å²) in [6.07, 6.45) is 2.13. The zero-order valence-electron chi connectivity index (χ0n) is 11.9. The Morgan fingerprint density at radius 3 is 2.95 bits per heavy atom. The van der Waals surface area contributed by atoms with Gasteiger partial charge in [-0.3, -0.25) is 9.59 Å². The summed E-state index contributed by atoms with van der Waals surface area (Å²) in [7, 11) is 0. The van der Waals surface area contributed by atoms with Crippen LogP contribution in [0, 0.1) is 0 Å². The molecule has 0 saturated heterocycles. The van der Waals surface area contributed by atoms with Crippen LogP contribution in [-0.2, 0) is 14.3 Å². The van der Waals surface area contributed by atoms with Gasteiger partial charge in [0.15, 0.2) is 6.61 Å². The van der Waals surface area contributed by atoms with Gasteiger partial charge in [0, 0.05) is 13.3 Å². The van der Waals surface area contributed by atoms with E-state index in [2.05, 4.69) is 5.10 Å². The molecule has 0 saturated carbocycles. The fourth-order valence-electron chi connectivity index (χ4n) is 2.26. The lowest BCUT2D eigenvalue weighted by molar-refractivity contribution is -0.151. The summed E-state index contributed by atoms with van der Waals surface area (Å²) in [5.41, 5.74) is 0.826. The Bertz CT molecular complexity index is 691. The van der Waals surface area contributed by atoms with Gasteiger partial charge >= 0.3 is 5.97 Å². The van der Waals surface area contributed by atoms with Gasteiger partial charge < -0.3 is 9.15 Å². The van der Waals surface area contributed by atoms with Crippen molar-refractivity contribution in [2.24, 2.45) is 5.10 Å². The molecule has 0 unspecified atom stereocenters. The van der Waals surface area contributed by atoms with E-state index in [4.69, 9.17) is 9.15 Å². The molecular formula is C15H14N2O4S. The minimum absolute atomic E-state index is 0.310. The number of furan rings is 1. The lowest BCUT2D eigenvalue weighted by Gasteiger charge is -2.19. The maximum absolute atomic E-state index is 12.3. The van der Waals surface area contributed by atoms with E-state index in [0.717, 1.165) is 10.6 Å². The third-order valence-electron chi connectivity index (χ3n) is 3.24. The van der Waals surface area contributed by atoms with Crippen LogP contribution in [0.2, 0.25) is 0 Å². The molecule has 3 rings (SSSR count). The first-order valence-corrected chi connectivity index (χ1v) is 7.63. The second-order valence-electron chi connectivity index (χ2n) is 4.78. The minimum Gasteiger partial charge on any atom is -0.467 e. The van der Waals surface area contributed by atoms with E-state index in [1.165, 1.54) is 11.9 Å². The molecule has 0 bridgehead atoms. The largest absolute Gasteiger partial charge is 0.467 e. The number of hydrogen-bond acceptors (Lipinski definition) is 6. The molecule has 6 nitrogen and oxygen atoms in total. The van der Waals surface area contributed by atoms with Crippen LogP contribution in [0.3, 0.4) is 0 Å². The molecule has 0 fully saturated rings. The van der Waals surface area contributed by atoms with Crippen molar-refractivity contribution < 1.29 is 18.7 Å². The Balaban J connectivity index is 1.84. The van der Waals surface area contributed by atoms with Crippen molar-refractivity contribution in [1.29, 1.82) is 0 Å². The van der Waals surface area contributed by atoms with Crippen molar-refractivity contribution in [1.82, 2.24) is 5.01 Å². The zero-order chi connectivity index (χ0) is 15.5. The van der Waals surface area contributed by atoms with Crippen molar-refractivity contribution >= 4 is 28.9 Å². The number of nitrogens with zero attached hydrogens (tertiary/aromatic N) is 2. The van der Waals surface area contributed by atoms with Gasteiger partial charge in [0.2, 0.25) is 0 Å². The SMILES string of the molecule is CC(=O)OCC(=O)N1N=C(c2cccs2)C[C@@H]1c1ccco1. The predicted octanol–water partition coefficient (Wildman–Crippen LogP) is 2.58. The smallest absolute Gasteiger partial charge is 0.303 e. The Hall–Kier alpha value is -2.41. The number of carbonyl (C=O) groups is 2. The maximum Gasteiger partial charge on any atom is 0.303 e. The first-order valence-electron chi connectivity index (χ1n) is 6.75. The quantitative estimate of drug-likeness (QED) is 0.812. The second kappa shape index (κ2) is 6.15. The van der Waals surface area contributed by atoms with Crippen LogP contribution in [0.1, 0.15) is 30.0 Å². The summed E-state index contributed by atoms with van der Waals surface area (Å²) < 4.78 is 10.2. The van der Waals surface area contributed by atoms with Gasteiger partial charge in [-0.05, 0) is 23.6 Å². The Kier molecular flexibility index (Phi) is 4.06. The van der Waals surface area contributed by atoms with Crippen LogP contribution in [0.15, 0.2) is 45.4 Å². The van der Waals surface area contributed by atoms with Crippen molar-refractivity contribution in [2.75, 3.05) is 6.61 Å². The molecule has 1 amide bonds. The molecule has 0 radical (unpaired) electrons. The van der Waals surface area contributed by atoms with Crippen LogP contribution in [0.5, 0.6) is 0 Å². The molecule has 1 atom stereocenters. The Morgan fingerprint density at radius 2 is 2.32 bits per heavy atom. The lowest BCUT2D eigenvalue weighted by atomic mass is 10.1. The van der Waals surface area contributed by atoms with Crippen LogP contribution >= 0.6 is 11.3 Å². The molecule has 7 heteroatoms. The standard InChI is InChI=1S/C15H14N2O4S/c1-10(18)21-9-15(19)17-12(13-4-2-6-20-13)8-11(16-17)14-5-3-7-22-14/h2-7,12H,8-9H2,1H3/t12-/m1/s1. The van der Waals surface area contributed by atoms with Gasteiger partial charge in [0.25, 0.3) is 5.91 Å². The van der Waals surface area contributed by atoms with Crippen LogP contribution < -0.4 is 0 Å². The topological polar surface area (TPSA) is 72.1 Å². The summed E-state index contributed by atoms with van der Waals surface area (Å²) in [5, 5.41) is 7.71. The minimum atomic E-state index is -0.496. The van der Waals surface area contributed by atoms with Crippen molar-refractivity contribution in [3.05, 3.63) is 46.5 Å². The van der Waals surface area contributed by atoms with Crippen LogP contribution in [-0.4, -0.2) is 29.2 Å². The van der Waals surface area contributed by atoms with E-state index in [1.807, 2.05) is 23.6 Å². The third-order valence-corrected chi connectivity index (χ3v) is 4.16. The first kappa shape index (κ1) is 14.5. The fourth-order valence-corrected chi connectivity index (χ4v) is 2.98.